The highest BCUT2D eigenvalue weighted by atomic mass is 15.1. The van der Waals surface area contributed by atoms with Crippen molar-refractivity contribution in [3.8, 4) is 0 Å². The van der Waals surface area contributed by atoms with E-state index in [4.69, 9.17) is 5.73 Å². The molecule has 0 aliphatic carbocycles. The third kappa shape index (κ3) is 4.42. The Kier molecular flexibility index (Phi) is 5.26. The summed E-state index contributed by atoms with van der Waals surface area (Å²) in [4.78, 5) is 2.63. The van der Waals surface area contributed by atoms with Gasteiger partial charge in [-0.3, -0.25) is 0 Å². The van der Waals surface area contributed by atoms with Crippen molar-refractivity contribution >= 4 is 0 Å². The molecule has 0 aromatic rings. The third-order valence-corrected chi connectivity index (χ3v) is 4.19. The van der Waals surface area contributed by atoms with Crippen LogP contribution in [-0.4, -0.2) is 31.1 Å². The van der Waals surface area contributed by atoms with Crippen molar-refractivity contribution in [2.24, 2.45) is 23.0 Å². The van der Waals surface area contributed by atoms with E-state index in [0.29, 0.717) is 5.41 Å². The van der Waals surface area contributed by atoms with Crippen LogP contribution in [0.5, 0.6) is 0 Å². The molecule has 1 rings (SSSR count). The molecule has 0 amide bonds. The van der Waals surface area contributed by atoms with Crippen LogP contribution in [0.4, 0.5) is 0 Å². The van der Waals surface area contributed by atoms with E-state index in [-0.39, 0.29) is 0 Å². The fourth-order valence-electron chi connectivity index (χ4n) is 2.47. The van der Waals surface area contributed by atoms with Crippen LogP contribution < -0.4 is 5.73 Å². The van der Waals surface area contributed by atoms with Gasteiger partial charge in [-0.25, -0.2) is 0 Å². The summed E-state index contributed by atoms with van der Waals surface area (Å²) in [7, 11) is 0. The number of likely N-dealkylation sites (tertiary alicyclic amines) is 1. The summed E-state index contributed by atoms with van der Waals surface area (Å²) >= 11 is 0. The topological polar surface area (TPSA) is 29.3 Å². The fraction of sp³-hybridized carbons (Fsp3) is 1.00. The Morgan fingerprint density at radius 1 is 1.12 bits per heavy atom. The second kappa shape index (κ2) is 6.02. The predicted octanol–water partition coefficient (Wildman–Crippen LogP) is 2.73. The smallest absolute Gasteiger partial charge is 0.00102 e. The molecule has 96 valence electrons. The maximum absolute atomic E-state index is 5.74. The molecule has 0 saturated carbocycles. The molecule has 1 saturated heterocycles. The normalized spacial score (nSPS) is 27.6. The van der Waals surface area contributed by atoms with Crippen molar-refractivity contribution in [1.82, 2.24) is 4.90 Å². The number of rotatable bonds is 6. The van der Waals surface area contributed by atoms with Gasteiger partial charge in [-0.1, -0.05) is 34.1 Å². The standard InChI is InChI=1S/C14H30N2/c1-12-9-16(10-13(12)2)8-6-5-7-14(3,4)11-15/h12-13H,5-11,15H2,1-4H3. The molecule has 0 radical (unpaired) electrons. The molecule has 0 aromatic heterocycles. The van der Waals surface area contributed by atoms with Crippen LogP contribution in [0, 0.1) is 17.3 Å². The molecule has 2 N–H and O–H groups in total. The zero-order valence-electron chi connectivity index (χ0n) is 11.6. The van der Waals surface area contributed by atoms with Gasteiger partial charge in [-0.2, -0.15) is 0 Å². The van der Waals surface area contributed by atoms with E-state index in [9.17, 15) is 0 Å². The minimum absolute atomic E-state index is 0.339. The van der Waals surface area contributed by atoms with Crippen LogP contribution in [0.1, 0.15) is 47.0 Å². The summed E-state index contributed by atoms with van der Waals surface area (Å²) in [5, 5.41) is 0. The van der Waals surface area contributed by atoms with Gasteiger partial charge in [-0.15, -0.1) is 0 Å². The molecule has 2 heteroatoms. The number of nitrogens with two attached hydrogens (primary N) is 1. The van der Waals surface area contributed by atoms with Crippen molar-refractivity contribution in [3.63, 3.8) is 0 Å². The molecule has 1 fully saturated rings. The number of unbranched alkanes of at least 4 members (excludes halogenated alkanes) is 1. The van der Waals surface area contributed by atoms with Gasteiger partial charge in [0.2, 0.25) is 0 Å². The van der Waals surface area contributed by atoms with E-state index in [1.165, 1.54) is 38.9 Å². The largest absolute Gasteiger partial charge is 0.330 e. The highest BCUT2D eigenvalue weighted by Crippen LogP contribution is 2.24. The van der Waals surface area contributed by atoms with Crippen LogP contribution in [0.15, 0.2) is 0 Å². The maximum Gasteiger partial charge on any atom is 0.00102 e. The lowest BCUT2D eigenvalue weighted by atomic mass is 9.87. The Morgan fingerprint density at radius 2 is 1.69 bits per heavy atom. The van der Waals surface area contributed by atoms with Crippen LogP contribution in [0.25, 0.3) is 0 Å². The lowest BCUT2D eigenvalue weighted by Gasteiger charge is -2.23. The SMILES string of the molecule is CC1CN(CCCCC(C)(C)CN)CC1C. The number of nitrogens with zero attached hydrogens (tertiary/aromatic N) is 1. The molecule has 2 nitrogen and oxygen atoms in total. The first-order valence-corrected chi connectivity index (χ1v) is 6.87. The van der Waals surface area contributed by atoms with Crippen LogP contribution in [0.3, 0.4) is 0 Å². The van der Waals surface area contributed by atoms with Crippen molar-refractivity contribution in [2.45, 2.75) is 47.0 Å². The van der Waals surface area contributed by atoms with Crippen molar-refractivity contribution in [2.75, 3.05) is 26.2 Å². The molecule has 1 aliphatic heterocycles. The molecular formula is C14H30N2. The van der Waals surface area contributed by atoms with Crippen molar-refractivity contribution < 1.29 is 0 Å². The zero-order valence-corrected chi connectivity index (χ0v) is 11.6. The Balaban J connectivity index is 2.08. The monoisotopic (exact) mass is 226 g/mol. The van der Waals surface area contributed by atoms with Crippen LogP contribution in [0.2, 0.25) is 0 Å². The summed E-state index contributed by atoms with van der Waals surface area (Å²) in [5.74, 6) is 1.78. The first-order valence-electron chi connectivity index (χ1n) is 6.87. The summed E-state index contributed by atoms with van der Waals surface area (Å²) in [6.07, 6.45) is 3.93. The minimum atomic E-state index is 0.339. The molecular weight excluding hydrogens is 196 g/mol. The Hall–Kier alpha value is -0.0800. The third-order valence-electron chi connectivity index (χ3n) is 4.19. The summed E-state index contributed by atoms with van der Waals surface area (Å²) in [6.45, 7) is 14.0. The Bertz CT molecular complexity index is 191. The number of hydrogen-bond acceptors (Lipinski definition) is 2. The lowest BCUT2D eigenvalue weighted by molar-refractivity contribution is 0.288. The van der Waals surface area contributed by atoms with E-state index < -0.39 is 0 Å². The van der Waals surface area contributed by atoms with Gasteiger partial charge in [0.25, 0.3) is 0 Å². The zero-order chi connectivity index (χ0) is 12.2. The van der Waals surface area contributed by atoms with E-state index in [1.807, 2.05) is 0 Å². The fourth-order valence-corrected chi connectivity index (χ4v) is 2.47. The van der Waals surface area contributed by atoms with Crippen LogP contribution >= 0.6 is 0 Å². The Morgan fingerprint density at radius 3 is 2.19 bits per heavy atom. The van der Waals surface area contributed by atoms with E-state index in [2.05, 4.69) is 32.6 Å². The number of hydrogen-bond donors (Lipinski definition) is 1. The lowest BCUT2D eigenvalue weighted by Crippen LogP contribution is -2.25. The molecule has 1 aliphatic rings. The van der Waals surface area contributed by atoms with Crippen molar-refractivity contribution in [1.29, 1.82) is 0 Å². The van der Waals surface area contributed by atoms with Gasteiger partial charge in [0, 0.05) is 13.1 Å². The van der Waals surface area contributed by atoms with Gasteiger partial charge in [0.1, 0.15) is 0 Å². The highest BCUT2D eigenvalue weighted by Gasteiger charge is 2.25. The molecule has 0 bridgehead atoms. The quantitative estimate of drug-likeness (QED) is 0.706. The summed E-state index contributed by atoms with van der Waals surface area (Å²) in [5.41, 5.74) is 6.08. The van der Waals surface area contributed by atoms with E-state index >= 15 is 0 Å². The van der Waals surface area contributed by atoms with Gasteiger partial charge < -0.3 is 10.6 Å². The minimum Gasteiger partial charge on any atom is -0.330 e. The molecule has 2 atom stereocenters. The van der Waals surface area contributed by atoms with Gasteiger partial charge in [0.15, 0.2) is 0 Å². The van der Waals surface area contributed by atoms with Gasteiger partial charge >= 0.3 is 0 Å². The average molecular weight is 226 g/mol. The maximum atomic E-state index is 5.74. The average Bonchev–Trinajstić information content (AvgIpc) is 2.54. The summed E-state index contributed by atoms with van der Waals surface area (Å²) in [6, 6.07) is 0. The van der Waals surface area contributed by atoms with Gasteiger partial charge in [0.05, 0.1) is 0 Å². The van der Waals surface area contributed by atoms with Gasteiger partial charge in [-0.05, 0) is 43.2 Å². The Labute approximate surface area is 102 Å². The first kappa shape index (κ1) is 14.0. The molecule has 2 unspecified atom stereocenters. The molecule has 0 aromatic carbocycles. The highest BCUT2D eigenvalue weighted by molar-refractivity contribution is 4.78. The predicted molar refractivity (Wildman–Crippen MR) is 71.5 cm³/mol. The van der Waals surface area contributed by atoms with Crippen molar-refractivity contribution in [3.05, 3.63) is 0 Å². The van der Waals surface area contributed by atoms with E-state index in [1.54, 1.807) is 0 Å². The molecule has 0 spiro atoms. The second-order valence-corrected chi connectivity index (χ2v) is 6.54. The second-order valence-electron chi connectivity index (χ2n) is 6.54. The van der Waals surface area contributed by atoms with Crippen LogP contribution in [-0.2, 0) is 0 Å². The summed E-state index contributed by atoms with van der Waals surface area (Å²) < 4.78 is 0. The molecule has 16 heavy (non-hydrogen) atoms. The first-order chi connectivity index (χ1) is 7.44. The van der Waals surface area contributed by atoms with E-state index in [0.717, 1.165) is 18.4 Å². The molecule has 1 heterocycles.